The Morgan fingerprint density at radius 3 is 3.00 bits per heavy atom. The minimum atomic E-state index is 0. The molecule has 1 aromatic rings. The van der Waals surface area contributed by atoms with E-state index in [2.05, 4.69) is 22.5 Å². The molecule has 2 N–H and O–H groups in total. The molecule has 0 radical (unpaired) electrons. The van der Waals surface area contributed by atoms with Gasteiger partial charge in [0.25, 0.3) is 0 Å². The van der Waals surface area contributed by atoms with Crippen molar-refractivity contribution < 1.29 is 4.79 Å². The molecule has 2 rings (SSSR count). The first kappa shape index (κ1) is 20.6. The molecule has 21 heavy (non-hydrogen) atoms. The maximum absolute atomic E-state index is 11.9. The smallest absolute Gasteiger partial charge is 0.220 e. The number of nitrogens with one attached hydrogen (secondary N) is 2. The minimum absolute atomic E-state index is 0. The normalized spacial score (nSPS) is 19.0. The Morgan fingerprint density at radius 2 is 2.38 bits per heavy atom. The Labute approximate surface area is 143 Å². The van der Waals surface area contributed by atoms with E-state index in [-0.39, 0.29) is 30.7 Å². The number of aromatic nitrogens is 1. The molecule has 2 unspecified atom stereocenters. The van der Waals surface area contributed by atoms with E-state index in [9.17, 15) is 4.79 Å². The van der Waals surface area contributed by atoms with Gasteiger partial charge in [0, 0.05) is 24.8 Å². The van der Waals surface area contributed by atoms with Crippen molar-refractivity contribution in [1.29, 1.82) is 0 Å². The number of piperidine rings is 1. The van der Waals surface area contributed by atoms with Gasteiger partial charge in [0.05, 0.1) is 11.2 Å². The number of amides is 1. The fourth-order valence-electron chi connectivity index (χ4n) is 2.59. The lowest BCUT2D eigenvalue weighted by Crippen LogP contribution is -2.36. The molecule has 1 saturated heterocycles. The Hall–Kier alpha value is -0.360. The van der Waals surface area contributed by atoms with Crippen LogP contribution >= 0.6 is 36.2 Å². The third-order valence-electron chi connectivity index (χ3n) is 3.83. The number of halogens is 2. The molecular formula is C14H25Cl2N3OS. The van der Waals surface area contributed by atoms with Crippen LogP contribution in [-0.2, 0) is 11.2 Å². The van der Waals surface area contributed by atoms with Gasteiger partial charge in [-0.15, -0.1) is 36.2 Å². The van der Waals surface area contributed by atoms with Crippen molar-refractivity contribution in [3.05, 3.63) is 16.6 Å². The molecule has 1 amide bonds. The van der Waals surface area contributed by atoms with E-state index >= 15 is 0 Å². The third kappa shape index (κ3) is 7.45. The maximum Gasteiger partial charge on any atom is 0.220 e. The predicted molar refractivity (Wildman–Crippen MR) is 92.7 cm³/mol. The summed E-state index contributed by atoms with van der Waals surface area (Å²) in [6, 6.07) is 0. The molecule has 1 aliphatic rings. The van der Waals surface area contributed by atoms with Gasteiger partial charge < -0.3 is 10.6 Å². The van der Waals surface area contributed by atoms with E-state index in [4.69, 9.17) is 0 Å². The van der Waals surface area contributed by atoms with Crippen molar-refractivity contribution in [2.45, 2.75) is 32.6 Å². The van der Waals surface area contributed by atoms with Crippen LogP contribution in [0.5, 0.6) is 0 Å². The zero-order chi connectivity index (χ0) is 13.5. The highest BCUT2D eigenvalue weighted by atomic mass is 35.5. The van der Waals surface area contributed by atoms with E-state index in [0.717, 1.165) is 25.2 Å². The van der Waals surface area contributed by atoms with Gasteiger partial charge in [-0.2, -0.15) is 0 Å². The SMILES string of the molecule is CC(CC(=O)NCCc1cscn1)C1CCCNC1.Cl.Cl. The highest BCUT2D eigenvalue weighted by Crippen LogP contribution is 2.22. The fraction of sp³-hybridized carbons (Fsp3) is 0.714. The number of rotatable bonds is 6. The Bertz CT molecular complexity index is 384. The second kappa shape index (κ2) is 11.2. The summed E-state index contributed by atoms with van der Waals surface area (Å²) in [4.78, 5) is 16.1. The summed E-state index contributed by atoms with van der Waals surface area (Å²) in [5.41, 5.74) is 2.89. The molecule has 1 aliphatic heterocycles. The summed E-state index contributed by atoms with van der Waals surface area (Å²) in [5, 5.41) is 8.44. The van der Waals surface area contributed by atoms with Crippen molar-refractivity contribution in [3.8, 4) is 0 Å². The van der Waals surface area contributed by atoms with Gasteiger partial charge in [-0.1, -0.05) is 6.92 Å². The van der Waals surface area contributed by atoms with Crippen molar-refractivity contribution in [3.63, 3.8) is 0 Å². The highest BCUT2D eigenvalue weighted by Gasteiger charge is 2.21. The number of thiazole rings is 1. The third-order valence-corrected chi connectivity index (χ3v) is 4.47. The first-order valence-electron chi connectivity index (χ1n) is 7.10. The zero-order valence-electron chi connectivity index (χ0n) is 12.3. The number of carbonyl (C=O) groups is 1. The monoisotopic (exact) mass is 353 g/mol. The standard InChI is InChI=1S/C14H23N3OS.2ClH/c1-11(12-3-2-5-15-8-12)7-14(18)16-6-4-13-9-19-10-17-13;;/h9-12,15H,2-8H2,1H3,(H,16,18);2*1H. The minimum Gasteiger partial charge on any atom is -0.356 e. The molecule has 7 heteroatoms. The molecule has 4 nitrogen and oxygen atoms in total. The predicted octanol–water partition coefficient (Wildman–Crippen LogP) is 2.67. The van der Waals surface area contributed by atoms with Crippen molar-refractivity contribution >= 4 is 42.1 Å². The average Bonchev–Trinajstić information content (AvgIpc) is 2.93. The topological polar surface area (TPSA) is 54.0 Å². The molecule has 0 aromatic carbocycles. The fourth-order valence-corrected chi connectivity index (χ4v) is 3.18. The van der Waals surface area contributed by atoms with Crippen LogP contribution < -0.4 is 10.6 Å². The molecular weight excluding hydrogens is 329 g/mol. The quantitative estimate of drug-likeness (QED) is 0.826. The molecule has 0 bridgehead atoms. The second-order valence-corrected chi connectivity index (χ2v) is 6.09. The first-order chi connectivity index (χ1) is 9.25. The van der Waals surface area contributed by atoms with E-state index < -0.39 is 0 Å². The van der Waals surface area contributed by atoms with Crippen LogP contribution in [0.2, 0.25) is 0 Å². The van der Waals surface area contributed by atoms with Crippen LogP contribution in [0, 0.1) is 11.8 Å². The van der Waals surface area contributed by atoms with Crippen LogP contribution in [0.1, 0.15) is 31.9 Å². The van der Waals surface area contributed by atoms with E-state index in [1.54, 1.807) is 11.3 Å². The van der Waals surface area contributed by atoms with Crippen LogP contribution in [0.25, 0.3) is 0 Å². The Kier molecular flexibility index (Phi) is 11.0. The Balaban J connectivity index is 0.00000200. The van der Waals surface area contributed by atoms with Gasteiger partial charge in [0.2, 0.25) is 5.91 Å². The largest absolute Gasteiger partial charge is 0.356 e. The van der Waals surface area contributed by atoms with Crippen LogP contribution in [0.15, 0.2) is 10.9 Å². The number of nitrogens with zero attached hydrogens (tertiary/aromatic N) is 1. The van der Waals surface area contributed by atoms with Gasteiger partial charge in [-0.05, 0) is 37.8 Å². The van der Waals surface area contributed by atoms with Gasteiger partial charge >= 0.3 is 0 Å². The van der Waals surface area contributed by atoms with Crippen LogP contribution in [-0.4, -0.2) is 30.5 Å². The lowest BCUT2D eigenvalue weighted by molar-refractivity contribution is -0.122. The summed E-state index contributed by atoms with van der Waals surface area (Å²) in [7, 11) is 0. The summed E-state index contributed by atoms with van der Waals surface area (Å²) < 4.78 is 0. The summed E-state index contributed by atoms with van der Waals surface area (Å²) in [6.07, 6.45) is 3.96. The molecule has 1 aromatic heterocycles. The van der Waals surface area contributed by atoms with Crippen LogP contribution in [0.4, 0.5) is 0 Å². The molecule has 2 atom stereocenters. The molecule has 0 spiro atoms. The Morgan fingerprint density at radius 1 is 1.57 bits per heavy atom. The van der Waals surface area contributed by atoms with Gasteiger partial charge in [-0.25, -0.2) is 4.98 Å². The molecule has 0 saturated carbocycles. The van der Waals surface area contributed by atoms with Gasteiger partial charge in [-0.3, -0.25) is 4.79 Å². The van der Waals surface area contributed by atoms with Crippen molar-refractivity contribution in [2.24, 2.45) is 11.8 Å². The summed E-state index contributed by atoms with van der Waals surface area (Å²) in [5.74, 6) is 1.29. The molecule has 2 heterocycles. The number of hydrogen-bond acceptors (Lipinski definition) is 4. The van der Waals surface area contributed by atoms with Crippen molar-refractivity contribution in [2.75, 3.05) is 19.6 Å². The molecule has 1 fully saturated rings. The van der Waals surface area contributed by atoms with Gasteiger partial charge in [0.15, 0.2) is 0 Å². The molecule has 0 aliphatic carbocycles. The first-order valence-corrected chi connectivity index (χ1v) is 8.04. The number of carbonyl (C=O) groups excluding carboxylic acids is 1. The van der Waals surface area contributed by atoms with Gasteiger partial charge in [0.1, 0.15) is 0 Å². The van der Waals surface area contributed by atoms with E-state index in [1.807, 2.05) is 10.9 Å². The maximum atomic E-state index is 11.9. The lowest BCUT2D eigenvalue weighted by Gasteiger charge is -2.28. The van der Waals surface area contributed by atoms with Crippen LogP contribution in [0.3, 0.4) is 0 Å². The zero-order valence-corrected chi connectivity index (χ0v) is 14.8. The summed E-state index contributed by atoms with van der Waals surface area (Å²) >= 11 is 1.60. The summed E-state index contributed by atoms with van der Waals surface area (Å²) in [6.45, 7) is 5.08. The second-order valence-electron chi connectivity index (χ2n) is 5.37. The van der Waals surface area contributed by atoms with E-state index in [0.29, 0.717) is 24.8 Å². The number of hydrogen-bond donors (Lipinski definition) is 2. The highest BCUT2D eigenvalue weighted by molar-refractivity contribution is 7.07. The average molecular weight is 354 g/mol. The van der Waals surface area contributed by atoms with Crippen molar-refractivity contribution in [1.82, 2.24) is 15.6 Å². The lowest BCUT2D eigenvalue weighted by atomic mass is 9.85. The van der Waals surface area contributed by atoms with E-state index in [1.165, 1.54) is 12.8 Å². The molecule has 122 valence electrons.